The number of carboxylic acids is 1. The van der Waals surface area contributed by atoms with Crippen LogP contribution in [0.3, 0.4) is 0 Å². The number of hydrogen-bond donors (Lipinski definition) is 1. The molecule has 0 fully saturated rings. The topological polar surface area (TPSA) is 50.2 Å². The number of aliphatic carboxylic acids is 1. The molecule has 2 aromatic rings. The molecular weight excluding hydrogens is 234 g/mol. The third-order valence-corrected chi connectivity index (χ3v) is 3.72. The average Bonchev–Trinajstić information content (AvgIpc) is 2.56. The molecule has 1 aromatic heterocycles. The van der Waals surface area contributed by atoms with Gasteiger partial charge >= 0.3 is 5.97 Å². The van der Waals surface area contributed by atoms with Gasteiger partial charge in [0, 0.05) is 0 Å². The number of benzene rings is 1. The molecule has 1 heterocycles. The van der Waals surface area contributed by atoms with Gasteiger partial charge in [-0.25, -0.2) is 4.98 Å². The summed E-state index contributed by atoms with van der Waals surface area (Å²) in [6.45, 7) is 5.47. The highest BCUT2D eigenvalue weighted by atomic mass is 32.1. The SMILES string of the molecule is Cc1nc2ccc(CC(C)(C)C(=O)O)cc2s1. The van der Waals surface area contributed by atoms with Crippen LogP contribution in [0.25, 0.3) is 10.2 Å². The van der Waals surface area contributed by atoms with E-state index in [-0.39, 0.29) is 0 Å². The van der Waals surface area contributed by atoms with Gasteiger partial charge in [0.2, 0.25) is 0 Å². The summed E-state index contributed by atoms with van der Waals surface area (Å²) in [6, 6.07) is 5.98. The Bertz CT molecular complexity index is 572. The molecule has 4 heteroatoms. The molecule has 0 saturated carbocycles. The van der Waals surface area contributed by atoms with E-state index in [9.17, 15) is 4.79 Å². The van der Waals surface area contributed by atoms with Crippen molar-refractivity contribution in [1.82, 2.24) is 4.98 Å². The van der Waals surface area contributed by atoms with E-state index in [4.69, 9.17) is 5.11 Å². The lowest BCUT2D eigenvalue weighted by Crippen LogP contribution is -2.26. The monoisotopic (exact) mass is 249 g/mol. The normalized spacial score (nSPS) is 11.9. The highest BCUT2D eigenvalue weighted by Crippen LogP contribution is 2.27. The van der Waals surface area contributed by atoms with Gasteiger partial charge in [0.05, 0.1) is 20.6 Å². The Kier molecular flexibility index (Phi) is 2.91. The lowest BCUT2D eigenvalue weighted by atomic mass is 9.86. The van der Waals surface area contributed by atoms with E-state index >= 15 is 0 Å². The minimum absolute atomic E-state index is 0.537. The van der Waals surface area contributed by atoms with Crippen LogP contribution in [0.5, 0.6) is 0 Å². The highest BCUT2D eigenvalue weighted by molar-refractivity contribution is 7.18. The molecule has 1 N–H and O–H groups in total. The van der Waals surface area contributed by atoms with Crippen molar-refractivity contribution < 1.29 is 9.90 Å². The van der Waals surface area contributed by atoms with Gasteiger partial charge in [0.1, 0.15) is 0 Å². The summed E-state index contributed by atoms with van der Waals surface area (Å²) >= 11 is 1.64. The number of carbonyl (C=O) groups is 1. The lowest BCUT2D eigenvalue weighted by molar-refractivity contribution is -0.146. The Hall–Kier alpha value is -1.42. The van der Waals surface area contributed by atoms with Crippen LogP contribution in [-0.2, 0) is 11.2 Å². The van der Waals surface area contributed by atoms with Gasteiger partial charge in [-0.2, -0.15) is 0 Å². The summed E-state index contributed by atoms with van der Waals surface area (Å²) in [6.07, 6.45) is 0.537. The van der Waals surface area contributed by atoms with Crippen molar-refractivity contribution in [1.29, 1.82) is 0 Å². The van der Waals surface area contributed by atoms with Gasteiger partial charge in [-0.3, -0.25) is 4.79 Å². The van der Waals surface area contributed by atoms with Crippen molar-refractivity contribution in [3.05, 3.63) is 28.8 Å². The first-order valence-electron chi connectivity index (χ1n) is 5.48. The van der Waals surface area contributed by atoms with Crippen molar-refractivity contribution in [3.63, 3.8) is 0 Å². The Morgan fingerprint density at radius 1 is 1.47 bits per heavy atom. The van der Waals surface area contributed by atoms with Gasteiger partial charge in [-0.05, 0) is 44.9 Å². The fourth-order valence-corrected chi connectivity index (χ4v) is 2.67. The predicted molar refractivity (Wildman–Crippen MR) is 69.5 cm³/mol. The van der Waals surface area contributed by atoms with E-state index in [1.165, 1.54) is 0 Å². The van der Waals surface area contributed by atoms with Crippen LogP contribution in [0.15, 0.2) is 18.2 Å². The Morgan fingerprint density at radius 2 is 2.18 bits per heavy atom. The largest absolute Gasteiger partial charge is 0.481 e. The summed E-state index contributed by atoms with van der Waals surface area (Å²) in [4.78, 5) is 15.5. The number of rotatable bonds is 3. The van der Waals surface area contributed by atoms with Gasteiger partial charge in [-0.15, -0.1) is 11.3 Å². The van der Waals surface area contributed by atoms with E-state index in [0.29, 0.717) is 6.42 Å². The first-order chi connectivity index (χ1) is 7.88. The Labute approximate surface area is 104 Å². The molecular formula is C13H15NO2S. The Morgan fingerprint density at radius 3 is 2.82 bits per heavy atom. The highest BCUT2D eigenvalue weighted by Gasteiger charge is 2.27. The maximum atomic E-state index is 11.1. The molecule has 0 aliphatic heterocycles. The van der Waals surface area contributed by atoms with E-state index in [1.807, 2.05) is 25.1 Å². The number of fused-ring (bicyclic) bond motifs is 1. The molecule has 0 spiro atoms. The standard InChI is InChI=1S/C13H15NO2S/c1-8-14-10-5-4-9(6-11(10)17-8)7-13(2,3)12(15)16/h4-6H,7H2,1-3H3,(H,15,16). The number of nitrogens with zero attached hydrogens (tertiary/aromatic N) is 1. The lowest BCUT2D eigenvalue weighted by Gasteiger charge is -2.18. The van der Waals surface area contributed by atoms with Crippen LogP contribution in [-0.4, -0.2) is 16.1 Å². The molecule has 0 aliphatic carbocycles. The summed E-state index contributed by atoms with van der Waals surface area (Å²) in [5.74, 6) is -0.766. The average molecular weight is 249 g/mol. The second-order valence-electron chi connectivity index (χ2n) is 4.90. The molecule has 0 aliphatic rings. The smallest absolute Gasteiger partial charge is 0.309 e. The molecule has 17 heavy (non-hydrogen) atoms. The molecule has 0 saturated heterocycles. The van der Waals surface area contributed by atoms with Crippen LogP contribution < -0.4 is 0 Å². The van der Waals surface area contributed by atoms with Gasteiger partial charge < -0.3 is 5.11 Å². The summed E-state index contributed by atoms with van der Waals surface area (Å²) in [5, 5.41) is 10.1. The first kappa shape index (κ1) is 12.0. The van der Waals surface area contributed by atoms with Crippen molar-refractivity contribution in [2.75, 3.05) is 0 Å². The van der Waals surface area contributed by atoms with Gasteiger partial charge in [-0.1, -0.05) is 6.07 Å². The van der Waals surface area contributed by atoms with Crippen LogP contribution in [0.4, 0.5) is 0 Å². The fourth-order valence-electron chi connectivity index (χ4n) is 1.78. The minimum atomic E-state index is -0.766. The molecule has 1 aromatic carbocycles. The zero-order valence-corrected chi connectivity index (χ0v) is 11.0. The second-order valence-corrected chi connectivity index (χ2v) is 6.14. The second kappa shape index (κ2) is 4.11. The minimum Gasteiger partial charge on any atom is -0.481 e. The van der Waals surface area contributed by atoms with E-state index in [2.05, 4.69) is 4.98 Å². The van der Waals surface area contributed by atoms with E-state index in [0.717, 1.165) is 20.8 Å². The summed E-state index contributed by atoms with van der Waals surface area (Å²) in [7, 11) is 0. The van der Waals surface area contributed by atoms with E-state index < -0.39 is 11.4 Å². The van der Waals surface area contributed by atoms with Crippen LogP contribution in [0, 0.1) is 12.3 Å². The maximum absolute atomic E-state index is 11.1. The number of carboxylic acid groups (broad SMARTS) is 1. The van der Waals surface area contributed by atoms with E-state index in [1.54, 1.807) is 25.2 Å². The predicted octanol–water partition coefficient (Wildman–Crippen LogP) is 3.26. The third kappa shape index (κ3) is 2.47. The zero-order chi connectivity index (χ0) is 12.6. The zero-order valence-electron chi connectivity index (χ0n) is 10.2. The molecule has 0 radical (unpaired) electrons. The van der Waals surface area contributed by atoms with Gasteiger partial charge in [0.25, 0.3) is 0 Å². The summed E-state index contributed by atoms with van der Waals surface area (Å²) in [5.41, 5.74) is 1.31. The Balaban J connectivity index is 2.34. The first-order valence-corrected chi connectivity index (χ1v) is 6.29. The van der Waals surface area contributed by atoms with Crippen molar-refractivity contribution >= 4 is 27.5 Å². The molecule has 3 nitrogen and oxygen atoms in total. The number of aryl methyl sites for hydroxylation is 1. The summed E-state index contributed by atoms with van der Waals surface area (Å²) < 4.78 is 1.13. The molecule has 90 valence electrons. The fraction of sp³-hybridized carbons (Fsp3) is 0.385. The molecule has 0 bridgehead atoms. The van der Waals surface area contributed by atoms with Gasteiger partial charge in [0.15, 0.2) is 0 Å². The maximum Gasteiger partial charge on any atom is 0.309 e. The molecule has 0 atom stereocenters. The molecule has 0 amide bonds. The van der Waals surface area contributed by atoms with Crippen LogP contribution >= 0.6 is 11.3 Å². The van der Waals surface area contributed by atoms with Crippen molar-refractivity contribution in [2.45, 2.75) is 27.2 Å². The third-order valence-electron chi connectivity index (χ3n) is 2.78. The van der Waals surface area contributed by atoms with Crippen molar-refractivity contribution in [2.24, 2.45) is 5.41 Å². The van der Waals surface area contributed by atoms with Crippen LogP contribution in [0.1, 0.15) is 24.4 Å². The van der Waals surface area contributed by atoms with Crippen LogP contribution in [0.2, 0.25) is 0 Å². The number of aromatic nitrogens is 1. The number of thiazole rings is 1. The quantitative estimate of drug-likeness (QED) is 0.908. The van der Waals surface area contributed by atoms with Crippen molar-refractivity contribution in [3.8, 4) is 0 Å². The molecule has 0 unspecified atom stereocenters. The molecule has 2 rings (SSSR count). The number of hydrogen-bond acceptors (Lipinski definition) is 3.